The van der Waals surface area contributed by atoms with E-state index in [4.69, 9.17) is 28.4 Å². The van der Waals surface area contributed by atoms with Crippen LogP contribution in [0.2, 0.25) is 0 Å². The van der Waals surface area contributed by atoms with E-state index in [2.05, 4.69) is 5.32 Å². The molecule has 1 N–H and O–H groups in total. The van der Waals surface area contributed by atoms with E-state index in [9.17, 15) is 23.6 Å². The van der Waals surface area contributed by atoms with Crippen molar-refractivity contribution in [2.75, 3.05) is 13.7 Å². The van der Waals surface area contributed by atoms with Gasteiger partial charge in [0.15, 0.2) is 12.2 Å². The Bertz CT molecular complexity index is 1210. The van der Waals surface area contributed by atoms with Gasteiger partial charge in [0.2, 0.25) is 12.4 Å². The van der Waals surface area contributed by atoms with Crippen LogP contribution in [-0.4, -0.2) is 68.2 Å². The first-order valence-corrected chi connectivity index (χ1v) is 12.5. The average Bonchev–Trinajstić information content (AvgIpc) is 2.89. The van der Waals surface area contributed by atoms with Gasteiger partial charge in [0.05, 0.1) is 18.2 Å². The molecule has 0 radical (unpaired) electrons. The zero-order valence-corrected chi connectivity index (χ0v) is 22.8. The Hall–Kier alpha value is -4.03. The van der Waals surface area contributed by atoms with Crippen LogP contribution in [0.3, 0.4) is 0 Å². The van der Waals surface area contributed by atoms with E-state index >= 15 is 0 Å². The summed E-state index contributed by atoms with van der Waals surface area (Å²) in [4.78, 5) is 49.1. The van der Waals surface area contributed by atoms with Gasteiger partial charge in [-0.1, -0.05) is 30.3 Å². The highest BCUT2D eigenvalue weighted by molar-refractivity contribution is 5.97. The number of halogens is 1. The van der Waals surface area contributed by atoms with Crippen molar-refractivity contribution < 1.29 is 52.0 Å². The van der Waals surface area contributed by atoms with Crippen LogP contribution in [0.5, 0.6) is 5.75 Å². The normalized spacial score (nSPS) is 22.9. The van der Waals surface area contributed by atoms with Crippen molar-refractivity contribution in [3.8, 4) is 5.75 Å². The summed E-state index contributed by atoms with van der Waals surface area (Å²) in [6.07, 6.45) is -6.55. The minimum Gasteiger partial charge on any atom is -0.460 e. The molecular weight excluding hydrogens is 529 g/mol. The Labute approximate surface area is 230 Å². The summed E-state index contributed by atoms with van der Waals surface area (Å²) in [6.45, 7) is 5.03. The minimum atomic E-state index is -1.48. The highest BCUT2D eigenvalue weighted by atomic mass is 19.1. The van der Waals surface area contributed by atoms with Crippen molar-refractivity contribution in [3.63, 3.8) is 0 Å². The summed E-state index contributed by atoms with van der Waals surface area (Å²) in [7, 11) is 1.37. The van der Waals surface area contributed by atoms with Crippen LogP contribution in [-0.2, 0) is 38.1 Å². The van der Waals surface area contributed by atoms with Crippen molar-refractivity contribution in [1.82, 2.24) is 5.32 Å². The fourth-order valence-electron chi connectivity index (χ4n) is 4.26. The van der Waals surface area contributed by atoms with Crippen molar-refractivity contribution in [1.29, 1.82) is 0 Å². The maximum Gasteiger partial charge on any atom is 0.303 e. The molecule has 1 saturated heterocycles. The smallest absolute Gasteiger partial charge is 0.303 e. The van der Waals surface area contributed by atoms with E-state index in [1.165, 1.54) is 13.2 Å². The van der Waals surface area contributed by atoms with Crippen molar-refractivity contribution in [3.05, 3.63) is 65.5 Å². The number of amides is 1. The lowest BCUT2D eigenvalue weighted by Gasteiger charge is -2.44. The molecule has 0 aromatic heterocycles. The van der Waals surface area contributed by atoms with Gasteiger partial charge in [-0.05, 0) is 30.7 Å². The maximum absolute atomic E-state index is 14.3. The number of carbonyl (C=O) groups excluding carboxylic acids is 4. The predicted octanol–water partition coefficient (Wildman–Crippen LogP) is 2.86. The van der Waals surface area contributed by atoms with E-state index in [1.807, 2.05) is 30.3 Å². The van der Waals surface area contributed by atoms with E-state index in [-0.39, 0.29) is 17.9 Å². The maximum atomic E-state index is 14.3. The van der Waals surface area contributed by atoms with Crippen molar-refractivity contribution in [2.45, 2.75) is 64.4 Å². The predicted molar refractivity (Wildman–Crippen MR) is 137 cm³/mol. The molecule has 0 spiro atoms. The molecule has 3 rings (SSSR count). The molecule has 6 atom stereocenters. The Morgan fingerprint density at radius 2 is 1.50 bits per heavy atom. The third-order valence-corrected chi connectivity index (χ3v) is 5.90. The fraction of sp³-hybridized carbons (Fsp3) is 0.429. The highest BCUT2D eigenvalue weighted by Gasteiger charge is 2.53. The topological polar surface area (TPSA) is 136 Å². The molecule has 1 fully saturated rings. The van der Waals surface area contributed by atoms with E-state index < -0.39 is 66.4 Å². The first-order chi connectivity index (χ1) is 19.0. The largest absolute Gasteiger partial charge is 0.460 e. The second-order valence-corrected chi connectivity index (χ2v) is 9.08. The quantitative estimate of drug-likeness (QED) is 0.341. The molecule has 0 saturated carbocycles. The van der Waals surface area contributed by atoms with Crippen LogP contribution in [0, 0.1) is 5.82 Å². The molecule has 0 bridgehead atoms. The second-order valence-electron chi connectivity index (χ2n) is 9.08. The van der Waals surface area contributed by atoms with Gasteiger partial charge in [-0.3, -0.25) is 19.2 Å². The van der Waals surface area contributed by atoms with Crippen LogP contribution in [0.25, 0.3) is 0 Å². The van der Waals surface area contributed by atoms with Gasteiger partial charge >= 0.3 is 17.9 Å². The number of hydrogen-bond acceptors (Lipinski definition) is 10. The van der Waals surface area contributed by atoms with Gasteiger partial charge in [0.1, 0.15) is 17.7 Å². The number of hydrogen-bond donors (Lipinski definition) is 1. The summed E-state index contributed by atoms with van der Waals surface area (Å²) in [6, 6.07) is 12.0. The Kier molecular flexibility index (Phi) is 10.6. The monoisotopic (exact) mass is 561 g/mol. The molecule has 1 aliphatic heterocycles. The van der Waals surface area contributed by atoms with Crippen LogP contribution >= 0.6 is 0 Å². The SMILES string of the molecule is COCC1OC(Oc2ccc(F)cc2C(=O)NC(C)c2ccccc2)C(OC(C)=O)C(OC(C)=O)C1OC(C)=O. The summed E-state index contributed by atoms with van der Waals surface area (Å²) in [5, 5.41) is 2.79. The van der Waals surface area contributed by atoms with E-state index in [1.54, 1.807) is 6.92 Å². The van der Waals surface area contributed by atoms with Gasteiger partial charge < -0.3 is 33.7 Å². The number of nitrogens with one attached hydrogen (secondary N) is 1. The number of ether oxygens (including phenoxy) is 6. The highest BCUT2D eigenvalue weighted by Crippen LogP contribution is 2.32. The summed E-state index contributed by atoms with van der Waals surface area (Å²) in [5.74, 6) is -3.69. The molecule has 0 aliphatic carbocycles. The van der Waals surface area contributed by atoms with Gasteiger partial charge in [0, 0.05) is 27.9 Å². The number of benzene rings is 2. The van der Waals surface area contributed by atoms with Gasteiger partial charge in [-0.25, -0.2) is 4.39 Å². The Balaban J connectivity index is 1.97. The molecule has 40 heavy (non-hydrogen) atoms. The molecular formula is C28H32FNO10. The molecule has 11 nitrogen and oxygen atoms in total. The first-order valence-electron chi connectivity index (χ1n) is 12.5. The molecule has 2 aromatic rings. The zero-order chi connectivity index (χ0) is 29.4. The van der Waals surface area contributed by atoms with E-state index in [0.29, 0.717) is 0 Å². The summed E-state index contributed by atoms with van der Waals surface area (Å²) in [5.41, 5.74) is 0.658. The van der Waals surface area contributed by atoms with Crippen molar-refractivity contribution >= 4 is 23.8 Å². The fourth-order valence-corrected chi connectivity index (χ4v) is 4.26. The summed E-state index contributed by atoms with van der Waals surface area (Å²) >= 11 is 0. The molecule has 1 heterocycles. The summed E-state index contributed by atoms with van der Waals surface area (Å²) < 4.78 is 47.6. The van der Waals surface area contributed by atoms with Crippen LogP contribution in [0.1, 0.15) is 49.7 Å². The van der Waals surface area contributed by atoms with Crippen LogP contribution in [0.15, 0.2) is 48.5 Å². The van der Waals surface area contributed by atoms with Gasteiger partial charge in [0.25, 0.3) is 5.91 Å². The third kappa shape index (κ3) is 7.99. The molecule has 12 heteroatoms. The molecule has 6 unspecified atom stereocenters. The lowest BCUT2D eigenvalue weighted by Crippen LogP contribution is -2.63. The van der Waals surface area contributed by atoms with Gasteiger partial charge in [-0.15, -0.1) is 0 Å². The zero-order valence-electron chi connectivity index (χ0n) is 22.8. The van der Waals surface area contributed by atoms with Crippen molar-refractivity contribution in [2.24, 2.45) is 0 Å². The molecule has 2 aromatic carbocycles. The molecule has 1 aliphatic rings. The van der Waals surface area contributed by atoms with Gasteiger partial charge in [-0.2, -0.15) is 0 Å². The number of rotatable bonds is 10. The Morgan fingerprint density at radius 3 is 2.10 bits per heavy atom. The number of carbonyl (C=O) groups is 4. The standard InChI is InChI=1S/C28H32FNO10/c1-15(19-9-7-6-8-10-19)30-27(34)21-13-20(29)11-12-22(21)39-28-26(38-18(4)33)25(37-17(3)32)24(36-16(2)31)23(40-28)14-35-5/h6-13,15,23-26,28H,14H2,1-5H3,(H,30,34). The molecule has 216 valence electrons. The minimum absolute atomic E-state index is 0.106. The molecule has 1 amide bonds. The third-order valence-electron chi connectivity index (χ3n) is 5.90. The first kappa shape index (κ1) is 30.5. The lowest BCUT2D eigenvalue weighted by atomic mass is 9.98. The number of esters is 3. The van der Waals surface area contributed by atoms with Crippen LogP contribution in [0.4, 0.5) is 4.39 Å². The Morgan fingerprint density at radius 1 is 0.900 bits per heavy atom. The number of methoxy groups -OCH3 is 1. The second kappa shape index (κ2) is 13.9. The lowest BCUT2D eigenvalue weighted by molar-refractivity contribution is -0.288. The average molecular weight is 562 g/mol. The van der Waals surface area contributed by atoms with Crippen LogP contribution < -0.4 is 10.1 Å². The van der Waals surface area contributed by atoms with E-state index in [0.717, 1.165) is 38.5 Å².